The van der Waals surface area contributed by atoms with Crippen molar-refractivity contribution in [3.63, 3.8) is 0 Å². The standard InChI is InChI=1S/C27H27FN2O3S/c1-33-26-7-4-18(13-23(26)27(31)32)15-29-10-8-19(9-11-29)24-17-30(16-21-3-2-12-34-21)25-14-20(28)5-6-22(24)25/h2-7,12-14,17,19H,8-11,15-16H2,1H3,(H,31,32). The molecule has 0 aliphatic carbocycles. The third-order valence-corrected chi connectivity index (χ3v) is 7.57. The number of piperidine rings is 1. The number of ether oxygens (including phenoxy) is 1. The number of rotatable bonds is 7. The highest BCUT2D eigenvalue weighted by atomic mass is 32.1. The predicted molar refractivity (Wildman–Crippen MR) is 133 cm³/mol. The molecule has 0 atom stereocenters. The summed E-state index contributed by atoms with van der Waals surface area (Å²) in [6.07, 6.45) is 4.24. The Morgan fingerprint density at radius 3 is 2.68 bits per heavy atom. The van der Waals surface area contributed by atoms with Gasteiger partial charge in [0.05, 0.1) is 19.2 Å². The first-order valence-electron chi connectivity index (χ1n) is 11.4. The van der Waals surface area contributed by atoms with Crippen molar-refractivity contribution in [2.75, 3.05) is 20.2 Å². The Hall–Kier alpha value is -3.16. The van der Waals surface area contributed by atoms with Crippen LogP contribution >= 0.6 is 11.3 Å². The van der Waals surface area contributed by atoms with Crippen LogP contribution in [0.3, 0.4) is 0 Å². The van der Waals surface area contributed by atoms with Crippen LogP contribution in [0, 0.1) is 5.82 Å². The largest absolute Gasteiger partial charge is 0.496 e. The topological polar surface area (TPSA) is 54.7 Å². The predicted octanol–water partition coefficient (Wildman–Crippen LogP) is 5.98. The van der Waals surface area contributed by atoms with Gasteiger partial charge in [0.1, 0.15) is 17.1 Å². The summed E-state index contributed by atoms with van der Waals surface area (Å²) >= 11 is 1.72. The maximum atomic E-state index is 14.1. The Labute approximate surface area is 202 Å². The van der Waals surface area contributed by atoms with Gasteiger partial charge in [-0.25, -0.2) is 9.18 Å². The third-order valence-electron chi connectivity index (χ3n) is 6.71. The average Bonchev–Trinajstić information content (AvgIpc) is 3.48. The van der Waals surface area contributed by atoms with Crippen molar-refractivity contribution < 1.29 is 19.0 Å². The summed E-state index contributed by atoms with van der Waals surface area (Å²) in [5.74, 6) is -0.392. The number of likely N-dealkylation sites (tertiary alicyclic amines) is 1. The first-order valence-corrected chi connectivity index (χ1v) is 12.3. The zero-order valence-electron chi connectivity index (χ0n) is 19.0. The number of carboxylic acid groups (broad SMARTS) is 1. The van der Waals surface area contributed by atoms with E-state index in [0.29, 0.717) is 18.2 Å². The molecule has 0 spiro atoms. The molecule has 34 heavy (non-hydrogen) atoms. The molecule has 1 N–H and O–H groups in total. The average molecular weight is 479 g/mol. The quantitative estimate of drug-likeness (QED) is 0.355. The van der Waals surface area contributed by atoms with E-state index in [2.05, 4.69) is 27.1 Å². The van der Waals surface area contributed by atoms with Gasteiger partial charge in [0.2, 0.25) is 0 Å². The fourth-order valence-electron chi connectivity index (χ4n) is 5.00. The Morgan fingerprint density at radius 2 is 1.97 bits per heavy atom. The summed E-state index contributed by atoms with van der Waals surface area (Å²) in [5, 5.41) is 12.7. The number of benzene rings is 2. The van der Waals surface area contributed by atoms with Crippen molar-refractivity contribution >= 4 is 28.2 Å². The molecule has 7 heteroatoms. The van der Waals surface area contributed by atoms with Crippen molar-refractivity contribution in [3.8, 4) is 5.75 Å². The van der Waals surface area contributed by atoms with E-state index in [9.17, 15) is 14.3 Å². The van der Waals surface area contributed by atoms with Gasteiger partial charge in [0, 0.05) is 23.0 Å². The minimum atomic E-state index is -0.979. The highest BCUT2D eigenvalue weighted by Crippen LogP contribution is 2.36. The van der Waals surface area contributed by atoms with Crippen LogP contribution in [0.4, 0.5) is 4.39 Å². The number of nitrogens with zero attached hydrogens (tertiary/aromatic N) is 2. The highest BCUT2D eigenvalue weighted by Gasteiger charge is 2.24. The maximum Gasteiger partial charge on any atom is 0.339 e. The van der Waals surface area contributed by atoms with Gasteiger partial charge in [0.15, 0.2) is 0 Å². The summed E-state index contributed by atoms with van der Waals surface area (Å²) in [5.41, 5.74) is 3.41. The maximum absolute atomic E-state index is 14.1. The van der Waals surface area contributed by atoms with Crippen molar-refractivity contribution in [1.82, 2.24) is 9.47 Å². The Bertz CT molecular complexity index is 1310. The van der Waals surface area contributed by atoms with Gasteiger partial charge in [0.25, 0.3) is 0 Å². The molecule has 176 valence electrons. The molecular weight excluding hydrogens is 451 g/mol. The van der Waals surface area contributed by atoms with Gasteiger partial charge in [-0.3, -0.25) is 4.90 Å². The molecule has 5 nitrogen and oxygen atoms in total. The van der Waals surface area contributed by atoms with Gasteiger partial charge in [-0.05, 0) is 84.8 Å². The molecule has 2 aromatic carbocycles. The highest BCUT2D eigenvalue weighted by molar-refractivity contribution is 7.09. The fraction of sp³-hybridized carbons (Fsp3) is 0.296. The van der Waals surface area contributed by atoms with Crippen LogP contribution in [-0.4, -0.2) is 40.7 Å². The lowest BCUT2D eigenvalue weighted by molar-refractivity contribution is 0.0693. The van der Waals surface area contributed by atoms with Crippen LogP contribution in [0.1, 0.15) is 45.1 Å². The normalized spacial score (nSPS) is 15.1. The molecule has 4 aromatic rings. The molecular formula is C27H27FN2O3S. The van der Waals surface area contributed by atoms with Crippen LogP contribution in [0.15, 0.2) is 60.1 Å². The number of hydrogen-bond donors (Lipinski definition) is 1. The second-order valence-corrected chi connectivity index (χ2v) is 9.88. The van der Waals surface area contributed by atoms with E-state index in [1.165, 1.54) is 17.6 Å². The summed E-state index contributed by atoms with van der Waals surface area (Å²) in [6.45, 7) is 3.32. The molecule has 5 rings (SSSR count). The van der Waals surface area contributed by atoms with E-state index in [1.807, 2.05) is 18.2 Å². The second-order valence-electron chi connectivity index (χ2n) is 8.84. The van der Waals surface area contributed by atoms with E-state index in [0.717, 1.165) is 48.9 Å². The summed E-state index contributed by atoms with van der Waals surface area (Å²) in [7, 11) is 1.48. The lowest BCUT2D eigenvalue weighted by Gasteiger charge is -2.32. The molecule has 1 fully saturated rings. The minimum Gasteiger partial charge on any atom is -0.496 e. The van der Waals surface area contributed by atoms with Crippen LogP contribution in [0.2, 0.25) is 0 Å². The van der Waals surface area contributed by atoms with Gasteiger partial charge < -0.3 is 14.4 Å². The Balaban J connectivity index is 1.32. The molecule has 0 unspecified atom stereocenters. The third kappa shape index (κ3) is 4.58. The number of hydrogen-bond acceptors (Lipinski definition) is 4. The van der Waals surface area contributed by atoms with Gasteiger partial charge >= 0.3 is 5.97 Å². The zero-order valence-corrected chi connectivity index (χ0v) is 19.9. The molecule has 0 bridgehead atoms. The number of halogens is 1. The second kappa shape index (κ2) is 9.60. The summed E-state index contributed by atoms with van der Waals surface area (Å²) in [6, 6.07) is 14.7. The molecule has 0 amide bonds. The number of carboxylic acids is 1. The summed E-state index contributed by atoms with van der Waals surface area (Å²) < 4.78 is 21.4. The first-order chi connectivity index (χ1) is 16.5. The van der Waals surface area contributed by atoms with E-state index >= 15 is 0 Å². The lowest BCUT2D eigenvalue weighted by Crippen LogP contribution is -2.32. The number of thiophene rings is 1. The minimum absolute atomic E-state index is 0.195. The number of aromatic nitrogens is 1. The first kappa shape index (κ1) is 22.6. The Kier molecular flexibility index (Phi) is 6.39. The number of carbonyl (C=O) groups is 1. The number of methoxy groups -OCH3 is 1. The number of aromatic carboxylic acids is 1. The monoisotopic (exact) mass is 478 g/mol. The molecule has 3 heterocycles. The molecule has 0 saturated carbocycles. The van der Waals surface area contributed by atoms with E-state index in [-0.39, 0.29) is 11.4 Å². The van der Waals surface area contributed by atoms with Crippen LogP contribution < -0.4 is 4.74 Å². The smallest absolute Gasteiger partial charge is 0.339 e. The van der Waals surface area contributed by atoms with Gasteiger partial charge in [-0.2, -0.15) is 0 Å². The van der Waals surface area contributed by atoms with Gasteiger partial charge in [-0.15, -0.1) is 11.3 Å². The van der Waals surface area contributed by atoms with Crippen LogP contribution in [0.5, 0.6) is 5.75 Å². The van der Waals surface area contributed by atoms with Crippen molar-refractivity contribution in [1.29, 1.82) is 0 Å². The van der Waals surface area contributed by atoms with Crippen molar-refractivity contribution in [2.45, 2.75) is 31.8 Å². The van der Waals surface area contributed by atoms with E-state index < -0.39 is 5.97 Å². The van der Waals surface area contributed by atoms with Crippen molar-refractivity contribution in [3.05, 3.63) is 87.5 Å². The Morgan fingerprint density at radius 1 is 1.15 bits per heavy atom. The van der Waals surface area contributed by atoms with Crippen LogP contribution in [-0.2, 0) is 13.1 Å². The number of fused-ring (bicyclic) bond motifs is 1. The SMILES string of the molecule is COc1ccc(CN2CCC(c3cn(Cc4cccs4)c4cc(F)ccc34)CC2)cc1C(=O)O. The summed E-state index contributed by atoms with van der Waals surface area (Å²) in [4.78, 5) is 15.2. The molecule has 1 aliphatic heterocycles. The van der Waals surface area contributed by atoms with Crippen LogP contribution in [0.25, 0.3) is 10.9 Å². The van der Waals surface area contributed by atoms with Gasteiger partial charge in [-0.1, -0.05) is 12.1 Å². The molecule has 2 aromatic heterocycles. The van der Waals surface area contributed by atoms with E-state index in [4.69, 9.17) is 4.74 Å². The fourth-order valence-corrected chi connectivity index (χ4v) is 5.70. The zero-order chi connectivity index (χ0) is 23.7. The van der Waals surface area contributed by atoms with Crippen molar-refractivity contribution in [2.24, 2.45) is 0 Å². The molecule has 0 radical (unpaired) electrons. The molecule has 1 saturated heterocycles. The van der Waals surface area contributed by atoms with E-state index in [1.54, 1.807) is 35.6 Å². The lowest BCUT2D eigenvalue weighted by atomic mass is 9.89. The molecule has 1 aliphatic rings.